The topological polar surface area (TPSA) is 38.3 Å². The van der Waals surface area contributed by atoms with Crippen molar-refractivity contribution in [2.45, 2.75) is 70.2 Å². The van der Waals surface area contributed by atoms with Crippen LogP contribution < -0.4 is 5.32 Å². The molecule has 0 aliphatic heterocycles. The molecule has 3 nitrogen and oxygen atoms in total. The van der Waals surface area contributed by atoms with Gasteiger partial charge in [0.15, 0.2) is 0 Å². The third-order valence-electron chi connectivity index (χ3n) is 4.13. The lowest BCUT2D eigenvalue weighted by Crippen LogP contribution is -2.40. The Bertz CT molecular complexity index is 570. The van der Waals surface area contributed by atoms with E-state index in [2.05, 4.69) is 5.32 Å². The van der Waals surface area contributed by atoms with E-state index >= 15 is 0 Å². The van der Waals surface area contributed by atoms with E-state index in [0.717, 1.165) is 37.3 Å². The average molecular weight is 343 g/mol. The van der Waals surface area contributed by atoms with Crippen LogP contribution in [0, 0.1) is 0 Å². The highest BCUT2D eigenvalue weighted by Gasteiger charge is 2.32. The number of halogens is 3. The standard InChI is InChI=1S/C18H24F3NO2/c1-17(2,3)24-16(23)22-15-9-7-12(8-10-15)13-5-4-6-14(11-13)18(19,20)21/h4-6,11-12,15H,7-10H2,1-3H3,(H,22,23). The van der Waals surface area contributed by atoms with Gasteiger partial charge in [-0.05, 0) is 64.0 Å². The van der Waals surface area contributed by atoms with Crippen molar-refractivity contribution < 1.29 is 22.7 Å². The van der Waals surface area contributed by atoms with Crippen molar-refractivity contribution in [2.24, 2.45) is 0 Å². The number of nitrogens with one attached hydrogen (secondary N) is 1. The SMILES string of the molecule is CC(C)(C)OC(=O)NC1CCC(c2cccc(C(F)(F)F)c2)CC1. The highest BCUT2D eigenvalue weighted by Crippen LogP contribution is 2.36. The smallest absolute Gasteiger partial charge is 0.416 e. The number of hydrogen-bond donors (Lipinski definition) is 1. The molecule has 0 saturated heterocycles. The number of benzene rings is 1. The summed E-state index contributed by atoms with van der Waals surface area (Å²) in [5.74, 6) is 0.101. The predicted octanol–water partition coefficient (Wildman–Crippen LogP) is 5.26. The molecule has 0 spiro atoms. The summed E-state index contributed by atoms with van der Waals surface area (Å²) in [6.07, 6.45) is -1.78. The normalized spacial score (nSPS) is 22.1. The van der Waals surface area contributed by atoms with Crippen molar-refractivity contribution in [3.05, 3.63) is 35.4 Å². The lowest BCUT2D eigenvalue weighted by molar-refractivity contribution is -0.137. The number of alkyl halides is 3. The zero-order valence-electron chi connectivity index (χ0n) is 14.2. The van der Waals surface area contributed by atoms with Gasteiger partial charge in [0.05, 0.1) is 5.56 Å². The fourth-order valence-electron chi connectivity index (χ4n) is 3.01. The highest BCUT2D eigenvalue weighted by atomic mass is 19.4. The summed E-state index contributed by atoms with van der Waals surface area (Å²) in [5, 5.41) is 2.84. The molecule has 1 fully saturated rings. The summed E-state index contributed by atoms with van der Waals surface area (Å²) >= 11 is 0. The molecule has 0 bridgehead atoms. The fourth-order valence-corrected chi connectivity index (χ4v) is 3.01. The lowest BCUT2D eigenvalue weighted by Gasteiger charge is -2.30. The minimum Gasteiger partial charge on any atom is -0.444 e. The Morgan fingerprint density at radius 2 is 1.75 bits per heavy atom. The van der Waals surface area contributed by atoms with Crippen molar-refractivity contribution >= 4 is 6.09 Å². The second-order valence-corrected chi connectivity index (χ2v) is 7.32. The number of carbonyl (C=O) groups is 1. The largest absolute Gasteiger partial charge is 0.444 e. The third-order valence-corrected chi connectivity index (χ3v) is 4.13. The minimum atomic E-state index is -4.31. The molecule has 1 aliphatic carbocycles. The van der Waals surface area contributed by atoms with Gasteiger partial charge in [0.25, 0.3) is 0 Å². The molecule has 0 unspecified atom stereocenters. The van der Waals surface area contributed by atoms with Gasteiger partial charge in [-0.15, -0.1) is 0 Å². The van der Waals surface area contributed by atoms with E-state index in [-0.39, 0.29) is 12.0 Å². The van der Waals surface area contributed by atoms with Gasteiger partial charge in [0.1, 0.15) is 5.60 Å². The number of ether oxygens (including phenoxy) is 1. The van der Waals surface area contributed by atoms with Crippen LogP contribution in [0.1, 0.15) is 63.5 Å². The van der Waals surface area contributed by atoms with Gasteiger partial charge in [-0.1, -0.05) is 18.2 Å². The third kappa shape index (κ3) is 5.42. The number of hydrogen-bond acceptors (Lipinski definition) is 2. The molecule has 1 saturated carbocycles. The molecule has 134 valence electrons. The molecule has 0 heterocycles. The summed E-state index contributed by atoms with van der Waals surface area (Å²) in [5.41, 5.74) is -0.422. The maximum absolute atomic E-state index is 12.8. The quantitative estimate of drug-likeness (QED) is 0.796. The summed E-state index contributed by atoms with van der Waals surface area (Å²) < 4.78 is 43.7. The van der Waals surface area contributed by atoms with Gasteiger partial charge in [-0.2, -0.15) is 13.2 Å². The molecule has 1 aromatic carbocycles. The first-order valence-electron chi connectivity index (χ1n) is 8.21. The van der Waals surface area contributed by atoms with E-state index in [1.54, 1.807) is 26.8 Å². The maximum atomic E-state index is 12.8. The van der Waals surface area contributed by atoms with E-state index in [9.17, 15) is 18.0 Å². The number of carbonyl (C=O) groups excluding carboxylic acids is 1. The fraction of sp³-hybridized carbons (Fsp3) is 0.611. The molecule has 1 amide bonds. The average Bonchev–Trinajstić information content (AvgIpc) is 2.45. The Morgan fingerprint density at radius 1 is 1.12 bits per heavy atom. The van der Waals surface area contributed by atoms with Crippen LogP contribution in [-0.4, -0.2) is 17.7 Å². The van der Waals surface area contributed by atoms with E-state index in [1.807, 2.05) is 0 Å². The van der Waals surface area contributed by atoms with Crippen LogP contribution in [-0.2, 0) is 10.9 Å². The van der Waals surface area contributed by atoms with E-state index in [1.165, 1.54) is 12.1 Å². The molecule has 1 N–H and O–H groups in total. The van der Waals surface area contributed by atoms with Gasteiger partial charge < -0.3 is 10.1 Å². The van der Waals surface area contributed by atoms with Crippen molar-refractivity contribution in [1.82, 2.24) is 5.32 Å². The Hall–Kier alpha value is -1.72. The van der Waals surface area contributed by atoms with Crippen LogP contribution in [0.2, 0.25) is 0 Å². The number of rotatable bonds is 2. The van der Waals surface area contributed by atoms with Crippen LogP contribution in [0.3, 0.4) is 0 Å². The predicted molar refractivity (Wildman–Crippen MR) is 85.8 cm³/mol. The minimum absolute atomic E-state index is 0.0156. The van der Waals surface area contributed by atoms with E-state index in [0.29, 0.717) is 0 Å². The second kappa shape index (κ2) is 7.03. The van der Waals surface area contributed by atoms with E-state index < -0.39 is 23.4 Å². The number of amides is 1. The number of alkyl carbamates (subject to hydrolysis) is 1. The molecule has 0 atom stereocenters. The zero-order valence-corrected chi connectivity index (χ0v) is 14.2. The Kier molecular flexibility index (Phi) is 5.45. The van der Waals surface area contributed by atoms with Crippen LogP contribution in [0.4, 0.5) is 18.0 Å². The first-order valence-corrected chi connectivity index (χ1v) is 8.21. The molecular weight excluding hydrogens is 319 g/mol. The van der Waals surface area contributed by atoms with Gasteiger partial charge in [-0.3, -0.25) is 0 Å². The van der Waals surface area contributed by atoms with Gasteiger partial charge >= 0.3 is 12.3 Å². The van der Waals surface area contributed by atoms with Crippen molar-refractivity contribution in [1.29, 1.82) is 0 Å². The summed E-state index contributed by atoms with van der Waals surface area (Å²) in [7, 11) is 0. The van der Waals surface area contributed by atoms with Crippen molar-refractivity contribution in [2.75, 3.05) is 0 Å². The van der Waals surface area contributed by atoms with Gasteiger partial charge in [0.2, 0.25) is 0 Å². The van der Waals surface area contributed by atoms with Crippen LogP contribution >= 0.6 is 0 Å². The maximum Gasteiger partial charge on any atom is 0.416 e. The molecule has 1 aromatic rings. The Labute approximate surface area is 140 Å². The Balaban J connectivity index is 1.90. The summed E-state index contributed by atoms with van der Waals surface area (Å²) in [6, 6.07) is 5.57. The second-order valence-electron chi connectivity index (χ2n) is 7.32. The van der Waals surface area contributed by atoms with Crippen LogP contribution in [0.5, 0.6) is 0 Å². The first-order chi connectivity index (χ1) is 11.0. The monoisotopic (exact) mass is 343 g/mol. The highest BCUT2D eigenvalue weighted by molar-refractivity contribution is 5.68. The molecule has 1 aliphatic rings. The lowest BCUT2D eigenvalue weighted by atomic mass is 9.81. The van der Waals surface area contributed by atoms with Crippen molar-refractivity contribution in [3.8, 4) is 0 Å². The van der Waals surface area contributed by atoms with Crippen LogP contribution in [0.15, 0.2) is 24.3 Å². The van der Waals surface area contributed by atoms with Gasteiger partial charge in [-0.25, -0.2) is 4.79 Å². The Morgan fingerprint density at radius 3 is 2.29 bits per heavy atom. The molecule has 2 rings (SSSR count). The van der Waals surface area contributed by atoms with Gasteiger partial charge in [0, 0.05) is 6.04 Å². The molecule has 24 heavy (non-hydrogen) atoms. The summed E-state index contributed by atoms with van der Waals surface area (Å²) in [6.45, 7) is 5.41. The zero-order chi connectivity index (χ0) is 18.0. The summed E-state index contributed by atoms with van der Waals surface area (Å²) in [4.78, 5) is 11.8. The van der Waals surface area contributed by atoms with E-state index in [4.69, 9.17) is 4.74 Å². The molecule has 0 aromatic heterocycles. The van der Waals surface area contributed by atoms with Crippen molar-refractivity contribution in [3.63, 3.8) is 0 Å². The molecular formula is C18H24F3NO2. The molecule has 6 heteroatoms. The molecule has 0 radical (unpaired) electrons. The first kappa shape index (κ1) is 18.6. The van der Waals surface area contributed by atoms with Crippen LogP contribution in [0.25, 0.3) is 0 Å².